The van der Waals surface area contributed by atoms with E-state index >= 15 is 0 Å². The van der Waals surface area contributed by atoms with Crippen LogP contribution in [-0.4, -0.2) is 11.8 Å². The van der Waals surface area contributed by atoms with Crippen molar-refractivity contribution >= 4 is 11.8 Å². The molecule has 0 saturated heterocycles. The molecule has 0 aliphatic rings. The fourth-order valence-electron chi connectivity index (χ4n) is 1.42. The summed E-state index contributed by atoms with van der Waals surface area (Å²) in [6, 6.07) is 6.63. The maximum Gasteiger partial charge on any atom is 0.0240 e. The fourth-order valence-corrected chi connectivity index (χ4v) is 2.53. The molecule has 0 amide bonds. The van der Waals surface area contributed by atoms with Crippen LogP contribution in [0.3, 0.4) is 0 Å². The summed E-state index contributed by atoms with van der Waals surface area (Å²) in [4.78, 5) is 1.34. The van der Waals surface area contributed by atoms with E-state index in [-0.39, 0.29) is 0 Å². The molecule has 0 fully saturated rings. The predicted octanol–water partition coefficient (Wildman–Crippen LogP) is 3.38. The van der Waals surface area contributed by atoms with Crippen molar-refractivity contribution in [2.24, 2.45) is 11.7 Å². The second-order valence-electron chi connectivity index (χ2n) is 4.38. The van der Waals surface area contributed by atoms with E-state index < -0.39 is 0 Å². The Labute approximate surface area is 97.4 Å². The van der Waals surface area contributed by atoms with Gasteiger partial charge in [0.05, 0.1) is 0 Å². The van der Waals surface area contributed by atoms with Crippen LogP contribution < -0.4 is 5.73 Å². The largest absolute Gasteiger partial charge is 0.329 e. The monoisotopic (exact) mass is 223 g/mol. The Morgan fingerprint density at radius 3 is 2.33 bits per heavy atom. The van der Waals surface area contributed by atoms with Gasteiger partial charge in [-0.3, -0.25) is 0 Å². The average Bonchev–Trinajstić information content (AvgIpc) is 2.19. The van der Waals surface area contributed by atoms with Crippen LogP contribution in [0.15, 0.2) is 23.1 Å². The fraction of sp³-hybridized carbons (Fsp3) is 0.538. The van der Waals surface area contributed by atoms with Crippen LogP contribution in [0.4, 0.5) is 0 Å². The molecule has 15 heavy (non-hydrogen) atoms. The molecule has 0 spiro atoms. The summed E-state index contributed by atoms with van der Waals surface area (Å²) in [5, 5.41) is 0.520. The molecule has 0 radical (unpaired) electrons. The van der Waals surface area contributed by atoms with E-state index in [0.717, 1.165) is 6.54 Å². The highest BCUT2D eigenvalue weighted by Gasteiger charge is 2.12. The quantitative estimate of drug-likeness (QED) is 0.792. The molecule has 0 saturated carbocycles. The van der Waals surface area contributed by atoms with Crippen molar-refractivity contribution in [2.45, 2.75) is 37.8 Å². The molecule has 1 atom stereocenters. The van der Waals surface area contributed by atoms with Crippen LogP contribution in [-0.2, 0) is 0 Å². The number of aryl methyl sites for hydroxylation is 2. The molecule has 1 unspecified atom stereocenters. The predicted molar refractivity (Wildman–Crippen MR) is 69.5 cm³/mol. The highest BCUT2D eigenvalue weighted by molar-refractivity contribution is 8.00. The van der Waals surface area contributed by atoms with Crippen LogP contribution in [0, 0.1) is 19.8 Å². The summed E-state index contributed by atoms with van der Waals surface area (Å²) < 4.78 is 0. The van der Waals surface area contributed by atoms with Gasteiger partial charge in [-0.1, -0.05) is 19.9 Å². The molecule has 0 bridgehead atoms. The molecule has 1 aromatic carbocycles. The van der Waals surface area contributed by atoms with Crippen molar-refractivity contribution in [3.8, 4) is 0 Å². The van der Waals surface area contributed by atoms with Crippen LogP contribution in [0.5, 0.6) is 0 Å². The molecule has 1 aromatic rings. The van der Waals surface area contributed by atoms with Gasteiger partial charge in [0.2, 0.25) is 0 Å². The first-order valence-corrected chi connectivity index (χ1v) is 6.36. The first-order valence-electron chi connectivity index (χ1n) is 5.48. The lowest BCUT2D eigenvalue weighted by Gasteiger charge is -2.18. The maximum atomic E-state index is 5.77. The SMILES string of the molecule is Cc1ccc(SC(CN)C(C)C)cc1C. The highest BCUT2D eigenvalue weighted by atomic mass is 32.2. The molecule has 0 aromatic heterocycles. The van der Waals surface area contributed by atoms with Crippen LogP contribution in [0.2, 0.25) is 0 Å². The Bertz CT molecular complexity index is 320. The lowest BCUT2D eigenvalue weighted by Crippen LogP contribution is -2.22. The lowest BCUT2D eigenvalue weighted by atomic mass is 10.1. The van der Waals surface area contributed by atoms with E-state index in [0.29, 0.717) is 11.2 Å². The Kier molecular flexibility index (Phi) is 4.68. The summed E-state index contributed by atoms with van der Waals surface area (Å²) in [6.45, 7) is 9.51. The van der Waals surface area contributed by atoms with Crippen molar-refractivity contribution < 1.29 is 0 Å². The minimum Gasteiger partial charge on any atom is -0.329 e. The van der Waals surface area contributed by atoms with Crippen molar-refractivity contribution in [3.63, 3.8) is 0 Å². The Morgan fingerprint density at radius 1 is 1.20 bits per heavy atom. The molecular weight excluding hydrogens is 202 g/mol. The second-order valence-corrected chi connectivity index (χ2v) is 5.69. The van der Waals surface area contributed by atoms with Gasteiger partial charge >= 0.3 is 0 Å². The van der Waals surface area contributed by atoms with E-state index in [1.54, 1.807) is 0 Å². The molecule has 2 heteroatoms. The van der Waals surface area contributed by atoms with E-state index in [1.807, 2.05) is 11.8 Å². The number of nitrogens with two attached hydrogens (primary N) is 1. The number of hydrogen-bond acceptors (Lipinski definition) is 2. The number of hydrogen-bond donors (Lipinski definition) is 1. The summed E-state index contributed by atoms with van der Waals surface area (Å²) in [5.74, 6) is 0.626. The third-order valence-corrected chi connectivity index (χ3v) is 4.31. The Hall–Kier alpha value is -0.470. The molecule has 1 nitrogen and oxygen atoms in total. The molecule has 84 valence electrons. The van der Waals surface area contributed by atoms with Gasteiger partial charge in [0, 0.05) is 16.7 Å². The van der Waals surface area contributed by atoms with E-state index in [9.17, 15) is 0 Å². The molecule has 0 aliphatic carbocycles. The zero-order valence-corrected chi connectivity index (χ0v) is 10.9. The summed E-state index contributed by atoms with van der Waals surface area (Å²) in [6.07, 6.45) is 0. The minimum absolute atomic E-state index is 0.520. The van der Waals surface area contributed by atoms with E-state index in [4.69, 9.17) is 5.73 Å². The van der Waals surface area contributed by atoms with Gasteiger partial charge in [-0.2, -0.15) is 0 Å². The number of benzene rings is 1. The van der Waals surface area contributed by atoms with Crippen molar-refractivity contribution in [2.75, 3.05) is 6.54 Å². The molecule has 2 N–H and O–H groups in total. The zero-order valence-electron chi connectivity index (χ0n) is 10.1. The Morgan fingerprint density at radius 2 is 1.87 bits per heavy atom. The summed E-state index contributed by atoms with van der Waals surface area (Å²) in [7, 11) is 0. The average molecular weight is 223 g/mol. The first-order chi connectivity index (χ1) is 7.04. The standard InChI is InChI=1S/C13H21NS/c1-9(2)13(8-14)15-12-6-5-10(3)11(4)7-12/h5-7,9,13H,8,14H2,1-4H3. The molecular formula is C13H21NS. The topological polar surface area (TPSA) is 26.0 Å². The van der Waals surface area contributed by atoms with Crippen molar-refractivity contribution in [1.29, 1.82) is 0 Å². The van der Waals surface area contributed by atoms with Crippen LogP contribution in [0.1, 0.15) is 25.0 Å². The molecule has 0 aliphatic heterocycles. The highest BCUT2D eigenvalue weighted by Crippen LogP contribution is 2.28. The third kappa shape index (κ3) is 3.54. The van der Waals surface area contributed by atoms with Gasteiger partial charge in [-0.15, -0.1) is 11.8 Å². The van der Waals surface area contributed by atoms with Crippen LogP contribution >= 0.6 is 11.8 Å². The first kappa shape index (κ1) is 12.6. The van der Waals surface area contributed by atoms with Gasteiger partial charge in [-0.05, 0) is 43.0 Å². The lowest BCUT2D eigenvalue weighted by molar-refractivity contribution is 0.613. The number of thioether (sulfide) groups is 1. The second kappa shape index (κ2) is 5.57. The third-order valence-electron chi connectivity index (χ3n) is 2.74. The van der Waals surface area contributed by atoms with Crippen molar-refractivity contribution in [1.82, 2.24) is 0 Å². The number of rotatable bonds is 4. The Balaban J connectivity index is 2.75. The smallest absolute Gasteiger partial charge is 0.0240 e. The molecule has 0 heterocycles. The summed E-state index contributed by atoms with van der Waals surface area (Å²) >= 11 is 1.89. The van der Waals surface area contributed by atoms with Gasteiger partial charge in [0.25, 0.3) is 0 Å². The van der Waals surface area contributed by atoms with E-state index in [2.05, 4.69) is 45.9 Å². The van der Waals surface area contributed by atoms with E-state index in [1.165, 1.54) is 16.0 Å². The molecule has 1 rings (SSSR count). The normalized spacial score (nSPS) is 13.2. The summed E-state index contributed by atoms with van der Waals surface area (Å²) in [5.41, 5.74) is 8.48. The van der Waals surface area contributed by atoms with Gasteiger partial charge < -0.3 is 5.73 Å². The maximum absolute atomic E-state index is 5.77. The minimum atomic E-state index is 0.520. The van der Waals surface area contributed by atoms with Crippen molar-refractivity contribution in [3.05, 3.63) is 29.3 Å². The van der Waals surface area contributed by atoms with Gasteiger partial charge in [0.1, 0.15) is 0 Å². The van der Waals surface area contributed by atoms with Gasteiger partial charge in [-0.25, -0.2) is 0 Å². The zero-order chi connectivity index (χ0) is 11.4. The van der Waals surface area contributed by atoms with Crippen LogP contribution in [0.25, 0.3) is 0 Å². The van der Waals surface area contributed by atoms with Gasteiger partial charge in [0.15, 0.2) is 0 Å².